The Labute approximate surface area is 134 Å². The largest absolute Gasteiger partial charge is 0.481 e. The van der Waals surface area contributed by atoms with E-state index in [-0.39, 0.29) is 17.8 Å². The fourth-order valence-corrected chi connectivity index (χ4v) is 4.46. The van der Waals surface area contributed by atoms with Crippen LogP contribution in [0.1, 0.15) is 72.6 Å². The number of carboxylic acid groups (broad SMARTS) is 2. The molecule has 0 aromatic heterocycles. The van der Waals surface area contributed by atoms with Crippen molar-refractivity contribution in [1.82, 2.24) is 0 Å². The van der Waals surface area contributed by atoms with E-state index in [1.54, 1.807) is 0 Å². The normalized spacial score (nSPS) is 18.6. The molecule has 0 aliphatic heterocycles. The minimum Gasteiger partial charge on any atom is -0.481 e. The molecule has 1 aliphatic carbocycles. The summed E-state index contributed by atoms with van der Waals surface area (Å²) >= 11 is 0. The predicted molar refractivity (Wildman–Crippen MR) is 86.7 cm³/mol. The molecule has 2 N–H and O–H groups in total. The van der Waals surface area contributed by atoms with Crippen molar-refractivity contribution < 1.29 is 19.8 Å². The fourth-order valence-electron chi connectivity index (χ4n) is 4.46. The zero-order chi connectivity index (χ0) is 16.9. The van der Waals surface area contributed by atoms with E-state index in [1.807, 2.05) is 27.7 Å². The van der Waals surface area contributed by atoms with Gasteiger partial charge in [-0.05, 0) is 43.4 Å². The highest BCUT2D eigenvalue weighted by molar-refractivity contribution is 5.83. The fraction of sp³-hybridized carbons (Fsp3) is 0.889. The third kappa shape index (κ3) is 4.47. The average Bonchev–Trinajstić information content (AvgIpc) is 2.37. The second kappa shape index (κ2) is 7.98. The van der Waals surface area contributed by atoms with Gasteiger partial charge in [0.2, 0.25) is 0 Å². The first-order chi connectivity index (χ1) is 10.2. The lowest BCUT2D eigenvalue weighted by atomic mass is 9.60. The highest BCUT2D eigenvalue weighted by Gasteiger charge is 2.52. The summed E-state index contributed by atoms with van der Waals surface area (Å²) in [6.45, 7) is 7.94. The lowest BCUT2D eigenvalue weighted by Gasteiger charge is -2.42. The van der Waals surface area contributed by atoms with Gasteiger partial charge in [-0.3, -0.25) is 9.59 Å². The van der Waals surface area contributed by atoms with E-state index in [4.69, 9.17) is 0 Å². The molecule has 0 bridgehead atoms. The Hall–Kier alpha value is -1.06. The third-order valence-corrected chi connectivity index (χ3v) is 4.95. The predicted octanol–water partition coefficient (Wildman–Crippen LogP) is 4.43. The molecule has 128 valence electrons. The van der Waals surface area contributed by atoms with Gasteiger partial charge < -0.3 is 10.2 Å². The SMILES string of the molecule is CC(C)CC(CC(C)C)(C(=O)O)C(C(=O)O)C1CCCCC1. The molecule has 1 aliphatic rings. The molecule has 1 rings (SSSR count). The number of rotatable bonds is 8. The maximum absolute atomic E-state index is 12.2. The van der Waals surface area contributed by atoms with E-state index >= 15 is 0 Å². The molecule has 0 amide bonds. The van der Waals surface area contributed by atoms with Gasteiger partial charge in [0.05, 0.1) is 11.3 Å². The van der Waals surface area contributed by atoms with Crippen LogP contribution in [0.4, 0.5) is 0 Å². The van der Waals surface area contributed by atoms with Crippen molar-refractivity contribution in [2.24, 2.45) is 29.1 Å². The van der Waals surface area contributed by atoms with E-state index in [0.717, 1.165) is 32.1 Å². The Balaban J connectivity index is 3.26. The van der Waals surface area contributed by atoms with E-state index in [9.17, 15) is 19.8 Å². The van der Waals surface area contributed by atoms with Gasteiger partial charge in [-0.1, -0.05) is 47.0 Å². The van der Waals surface area contributed by atoms with E-state index in [2.05, 4.69) is 0 Å². The van der Waals surface area contributed by atoms with Gasteiger partial charge in [-0.15, -0.1) is 0 Å². The van der Waals surface area contributed by atoms with Crippen molar-refractivity contribution in [2.45, 2.75) is 72.6 Å². The van der Waals surface area contributed by atoms with Crippen molar-refractivity contribution in [3.63, 3.8) is 0 Å². The first-order valence-corrected chi connectivity index (χ1v) is 8.67. The Kier molecular flexibility index (Phi) is 6.89. The summed E-state index contributed by atoms with van der Waals surface area (Å²) in [5.74, 6) is -2.28. The Morgan fingerprint density at radius 1 is 0.955 bits per heavy atom. The molecule has 0 radical (unpaired) electrons. The molecule has 1 unspecified atom stereocenters. The summed E-state index contributed by atoms with van der Waals surface area (Å²) in [7, 11) is 0. The van der Waals surface area contributed by atoms with Gasteiger partial charge in [-0.2, -0.15) is 0 Å². The number of aliphatic carboxylic acids is 2. The van der Waals surface area contributed by atoms with Crippen molar-refractivity contribution in [1.29, 1.82) is 0 Å². The highest BCUT2D eigenvalue weighted by Crippen LogP contribution is 2.48. The minimum absolute atomic E-state index is 0.000139. The second-order valence-corrected chi connectivity index (χ2v) is 7.87. The molecule has 1 saturated carbocycles. The topological polar surface area (TPSA) is 74.6 Å². The van der Waals surface area contributed by atoms with Crippen LogP contribution in [0.5, 0.6) is 0 Å². The van der Waals surface area contributed by atoms with Gasteiger partial charge in [0.15, 0.2) is 0 Å². The van der Waals surface area contributed by atoms with Crippen LogP contribution in [-0.4, -0.2) is 22.2 Å². The first-order valence-electron chi connectivity index (χ1n) is 8.67. The van der Waals surface area contributed by atoms with Crippen molar-refractivity contribution >= 4 is 11.9 Å². The van der Waals surface area contributed by atoms with Gasteiger partial charge in [0, 0.05) is 0 Å². The van der Waals surface area contributed by atoms with Crippen molar-refractivity contribution in [3.8, 4) is 0 Å². The Morgan fingerprint density at radius 3 is 1.73 bits per heavy atom. The molecular formula is C18H32O4. The third-order valence-electron chi connectivity index (χ3n) is 4.95. The summed E-state index contributed by atoms with van der Waals surface area (Å²) in [5, 5.41) is 19.9. The quantitative estimate of drug-likeness (QED) is 0.695. The van der Waals surface area contributed by atoms with Gasteiger partial charge in [0.25, 0.3) is 0 Å². The molecule has 1 atom stereocenters. The van der Waals surface area contributed by atoms with Crippen molar-refractivity contribution in [2.75, 3.05) is 0 Å². The summed E-state index contributed by atoms with van der Waals surface area (Å²) in [6, 6.07) is 0. The maximum Gasteiger partial charge on any atom is 0.310 e. The molecule has 1 fully saturated rings. The number of hydrogen-bond acceptors (Lipinski definition) is 2. The van der Waals surface area contributed by atoms with E-state index < -0.39 is 23.3 Å². The van der Waals surface area contributed by atoms with Crippen LogP contribution in [0.15, 0.2) is 0 Å². The van der Waals surface area contributed by atoms with Crippen LogP contribution in [0.3, 0.4) is 0 Å². The molecular weight excluding hydrogens is 280 g/mol. The van der Waals surface area contributed by atoms with Gasteiger partial charge in [0.1, 0.15) is 0 Å². The number of carboxylic acids is 2. The van der Waals surface area contributed by atoms with Crippen LogP contribution < -0.4 is 0 Å². The van der Waals surface area contributed by atoms with Gasteiger partial charge in [-0.25, -0.2) is 0 Å². The van der Waals surface area contributed by atoms with Crippen LogP contribution >= 0.6 is 0 Å². The molecule has 4 heteroatoms. The molecule has 0 aromatic rings. The maximum atomic E-state index is 12.2. The molecule has 0 aromatic carbocycles. The lowest BCUT2D eigenvalue weighted by molar-refractivity contribution is -0.170. The average molecular weight is 312 g/mol. The summed E-state index contributed by atoms with van der Waals surface area (Å²) in [5.41, 5.74) is -1.14. The van der Waals surface area contributed by atoms with Crippen LogP contribution in [-0.2, 0) is 9.59 Å². The first kappa shape index (κ1) is 19.0. The zero-order valence-corrected chi connectivity index (χ0v) is 14.5. The highest BCUT2D eigenvalue weighted by atomic mass is 16.4. The summed E-state index contributed by atoms with van der Waals surface area (Å²) in [4.78, 5) is 24.3. The summed E-state index contributed by atoms with van der Waals surface area (Å²) < 4.78 is 0. The van der Waals surface area contributed by atoms with E-state index in [1.165, 1.54) is 0 Å². The molecule has 0 saturated heterocycles. The van der Waals surface area contributed by atoms with Crippen LogP contribution in [0.2, 0.25) is 0 Å². The second-order valence-electron chi connectivity index (χ2n) is 7.87. The lowest BCUT2D eigenvalue weighted by Crippen LogP contribution is -2.48. The smallest absolute Gasteiger partial charge is 0.310 e. The van der Waals surface area contributed by atoms with Gasteiger partial charge >= 0.3 is 11.9 Å². The standard InChI is InChI=1S/C18H32O4/c1-12(2)10-18(17(21)22,11-13(3)4)15(16(19)20)14-8-6-5-7-9-14/h12-15H,5-11H2,1-4H3,(H,19,20)(H,21,22). The van der Waals surface area contributed by atoms with E-state index in [0.29, 0.717) is 12.8 Å². The summed E-state index contributed by atoms with van der Waals surface area (Å²) in [6.07, 6.45) is 5.75. The minimum atomic E-state index is -1.14. The molecule has 0 spiro atoms. The monoisotopic (exact) mass is 312 g/mol. The number of hydrogen-bond donors (Lipinski definition) is 2. The molecule has 0 heterocycles. The number of carbonyl (C=O) groups is 2. The molecule has 22 heavy (non-hydrogen) atoms. The zero-order valence-electron chi connectivity index (χ0n) is 14.5. The Morgan fingerprint density at radius 2 is 1.41 bits per heavy atom. The van der Waals surface area contributed by atoms with Crippen LogP contribution in [0, 0.1) is 29.1 Å². The Bertz CT molecular complexity index is 371. The van der Waals surface area contributed by atoms with Crippen molar-refractivity contribution in [3.05, 3.63) is 0 Å². The van der Waals surface area contributed by atoms with Crippen LogP contribution in [0.25, 0.3) is 0 Å². The molecule has 4 nitrogen and oxygen atoms in total.